The van der Waals surface area contributed by atoms with Crippen molar-refractivity contribution in [3.8, 4) is 0 Å². The summed E-state index contributed by atoms with van der Waals surface area (Å²) >= 11 is 0. The molecule has 1 N–H and O–H groups in total. The van der Waals surface area contributed by atoms with Crippen molar-refractivity contribution < 1.29 is 17.7 Å². The standard InChI is InChI=1S/C14H19N3O4S/c15-17-16-13-7-4-8-14(12(13)10-22(18,19)20)21-9-11-5-2-1-3-6-11/h1-3,5-6,12-14H,4,7-10H2,(H,18,19,20). The van der Waals surface area contributed by atoms with Crippen molar-refractivity contribution in [1.29, 1.82) is 0 Å². The summed E-state index contributed by atoms with van der Waals surface area (Å²) in [6.07, 6.45) is 1.73. The highest BCUT2D eigenvalue weighted by atomic mass is 32.2. The fourth-order valence-corrected chi connectivity index (χ4v) is 3.78. The Morgan fingerprint density at radius 1 is 1.32 bits per heavy atom. The van der Waals surface area contributed by atoms with Crippen LogP contribution in [0.5, 0.6) is 0 Å². The molecule has 1 aliphatic rings. The minimum atomic E-state index is -4.15. The lowest BCUT2D eigenvalue weighted by molar-refractivity contribution is -0.0212. The lowest BCUT2D eigenvalue weighted by atomic mass is 9.83. The van der Waals surface area contributed by atoms with Gasteiger partial charge in [0.2, 0.25) is 0 Å². The van der Waals surface area contributed by atoms with Crippen molar-refractivity contribution in [3.63, 3.8) is 0 Å². The number of benzene rings is 1. The van der Waals surface area contributed by atoms with Crippen LogP contribution in [0.2, 0.25) is 0 Å². The van der Waals surface area contributed by atoms with Crippen LogP contribution in [0.25, 0.3) is 10.4 Å². The number of ether oxygens (including phenoxy) is 1. The van der Waals surface area contributed by atoms with E-state index in [9.17, 15) is 8.42 Å². The van der Waals surface area contributed by atoms with Gasteiger partial charge in [0.25, 0.3) is 10.1 Å². The third kappa shape index (κ3) is 4.99. The smallest absolute Gasteiger partial charge is 0.265 e. The van der Waals surface area contributed by atoms with E-state index in [-0.39, 0.29) is 6.10 Å². The summed E-state index contributed by atoms with van der Waals surface area (Å²) in [7, 11) is -4.15. The van der Waals surface area contributed by atoms with Crippen LogP contribution in [0.3, 0.4) is 0 Å². The van der Waals surface area contributed by atoms with Crippen LogP contribution in [0.4, 0.5) is 0 Å². The van der Waals surface area contributed by atoms with Gasteiger partial charge in [0.15, 0.2) is 0 Å². The summed E-state index contributed by atoms with van der Waals surface area (Å²) < 4.78 is 37.5. The van der Waals surface area contributed by atoms with Gasteiger partial charge in [-0.1, -0.05) is 41.9 Å². The third-order valence-electron chi connectivity index (χ3n) is 3.87. The van der Waals surface area contributed by atoms with E-state index in [1.54, 1.807) is 0 Å². The quantitative estimate of drug-likeness (QED) is 0.375. The van der Waals surface area contributed by atoms with E-state index in [1.807, 2.05) is 30.3 Å². The first-order valence-corrected chi connectivity index (χ1v) is 8.75. The van der Waals surface area contributed by atoms with Crippen molar-refractivity contribution in [2.24, 2.45) is 11.0 Å². The molecule has 120 valence electrons. The van der Waals surface area contributed by atoms with Gasteiger partial charge < -0.3 is 4.74 Å². The number of nitrogens with zero attached hydrogens (tertiary/aromatic N) is 3. The second kappa shape index (κ2) is 7.60. The zero-order valence-electron chi connectivity index (χ0n) is 12.1. The maximum absolute atomic E-state index is 11.2. The zero-order valence-corrected chi connectivity index (χ0v) is 12.9. The Kier molecular flexibility index (Phi) is 5.79. The van der Waals surface area contributed by atoms with Gasteiger partial charge in [0.1, 0.15) is 0 Å². The minimum absolute atomic E-state index is 0.355. The molecule has 1 aromatic carbocycles. The summed E-state index contributed by atoms with van der Waals surface area (Å²) in [4.78, 5) is 2.79. The molecular formula is C14H19N3O4S. The second-order valence-corrected chi connectivity index (χ2v) is 6.95. The maximum atomic E-state index is 11.2. The van der Waals surface area contributed by atoms with Gasteiger partial charge in [0.05, 0.1) is 18.5 Å². The largest absolute Gasteiger partial charge is 0.373 e. The van der Waals surface area contributed by atoms with Crippen molar-refractivity contribution >= 4 is 10.1 Å². The summed E-state index contributed by atoms with van der Waals surface area (Å²) in [6, 6.07) is 9.08. The van der Waals surface area contributed by atoms with E-state index in [0.717, 1.165) is 12.0 Å². The Labute approximate surface area is 129 Å². The molecule has 0 bridgehead atoms. The van der Waals surface area contributed by atoms with Crippen LogP contribution in [-0.4, -0.2) is 30.9 Å². The molecule has 1 fully saturated rings. The molecule has 0 aliphatic heterocycles. The molecule has 3 atom stereocenters. The Balaban J connectivity index is 2.09. The average Bonchev–Trinajstić information content (AvgIpc) is 2.47. The van der Waals surface area contributed by atoms with Crippen molar-refractivity contribution in [2.45, 2.75) is 38.0 Å². The second-order valence-electron chi connectivity index (χ2n) is 5.45. The summed E-state index contributed by atoms with van der Waals surface area (Å²) in [5.74, 6) is -0.973. The molecule has 1 saturated carbocycles. The third-order valence-corrected chi connectivity index (χ3v) is 4.68. The Bertz CT molecular complexity index is 629. The van der Waals surface area contributed by atoms with Gasteiger partial charge in [-0.15, -0.1) is 0 Å². The SMILES string of the molecule is [N-]=[N+]=NC1CCCC(OCc2ccccc2)C1CS(=O)(=O)O. The van der Waals surface area contributed by atoms with Gasteiger partial charge >= 0.3 is 0 Å². The summed E-state index contributed by atoms with van der Waals surface area (Å²) in [5, 5.41) is 3.68. The molecule has 0 amide bonds. The molecule has 2 rings (SSSR count). The fourth-order valence-electron chi connectivity index (χ4n) is 2.86. The average molecular weight is 325 g/mol. The van der Waals surface area contributed by atoms with E-state index in [2.05, 4.69) is 10.0 Å². The topological polar surface area (TPSA) is 112 Å². The molecule has 0 aromatic heterocycles. The number of azide groups is 1. The Morgan fingerprint density at radius 3 is 2.68 bits per heavy atom. The van der Waals surface area contributed by atoms with Gasteiger partial charge in [-0.3, -0.25) is 4.55 Å². The molecule has 8 heteroatoms. The molecule has 0 radical (unpaired) electrons. The van der Waals surface area contributed by atoms with E-state index in [1.165, 1.54) is 0 Å². The fraction of sp³-hybridized carbons (Fsp3) is 0.571. The van der Waals surface area contributed by atoms with Crippen LogP contribution in [0, 0.1) is 5.92 Å². The van der Waals surface area contributed by atoms with E-state index < -0.39 is 27.8 Å². The van der Waals surface area contributed by atoms with Gasteiger partial charge in [-0.2, -0.15) is 8.42 Å². The normalized spacial score (nSPS) is 25.4. The van der Waals surface area contributed by atoms with Gasteiger partial charge in [-0.25, -0.2) is 0 Å². The van der Waals surface area contributed by atoms with Crippen LogP contribution in [0.1, 0.15) is 24.8 Å². The first-order valence-electron chi connectivity index (χ1n) is 7.14. The summed E-state index contributed by atoms with van der Waals surface area (Å²) in [6.45, 7) is 0.358. The lowest BCUT2D eigenvalue weighted by Crippen LogP contribution is -2.41. The zero-order chi connectivity index (χ0) is 16.0. The molecule has 1 aromatic rings. The van der Waals surface area contributed by atoms with Crippen molar-refractivity contribution in [3.05, 3.63) is 46.3 Å². The summed E-state index contributed by atoms with van der Waals surface area (Å²) in [5.41, 5.74) is 9.62. The molecular weight excluding hydrogens is 306 g/mol. The molecule has 1 aliphatic carbocycles. The van der Waals surface area contributed by atoms with Gasteiger partial charge in [-0.05, 0) is 23.9 Å². The van der Waals surface area contributed by atoms with Gasteiger partial charge in [0, 0.05) is 16.9 Å². The predicted molar refractivity (Wildman–Crippen MR) is 81.7 cm³/mol. The Morgan fingerprint density at radius 2 is 2.05 bits per heavy atom. The first kappa shape index (κ1) is 16.8. The number of rotatable bonds is 6. The van der Waals surface area contributed by atoms with Crippen LogP contribution in [0.15, 0.2) is 35.4 Å². The molecule has 0 heterocycles. The van der Waals surface area contributed by atoms with Crippen LogP contribution < -0.4 is 0 Å². The van der Waals surface area contributed by atoms with Crippen LogP contribution in [-0.2, 0) is 21.5 Å². The van der Waals surface area contributed by atoms with E-state index in [0.29, 0.717) is 19.4 Å². The van der Waals surface area contributed by atoms with Crippen molar-refractivity contribution in [2.75, 3.05) is 5.75 Å². The molecule has 0 saturated heterocycles. The number of hydrogen-bond acceptors (Lipinski definition) is 4. The lowest BCUT2D eigenvalue weighted by Gasteiger charge is -2.35. The monoisotopic (exact) mass is 325 g/mol. The maximum Gasteiger partial charge on any atom is 0.265 e. The predicted octanol–water partition coefficient (Wildman–Crippen LogP) is 2.94. The molecule has 22 heavy (non-hydrogen) atoms. The minimum Gasteiger partial charge on any atom is -0.373 e. The molecule has 3 unspecified atom stereocenters. The Hall–Kier alpha value is -1.60. The van der Waals surface area contributed by atoms with E-state index >= 15 is 0 Å². The van der Waals surface area contributed by atoms with Crippen LogP contribution >= 0.6 is 0 Å². The highest BCUT2D eigenvalue weighted by Gasteiger charge is 2.36. The van der Waals surface area contributed by atoms with Crippen molar-refractivity contribution in [1.82, 2.24) is 0 Å². The van der Waals surface area contributed by atoms with E-state index in [4.69, 9.17) is 14.8 Å². The highest BCUT2D eigenvalue weighted by molar-refractivity contribution is 7.85. The molecule has 0 spiro atoms. The molecule has 7 nitrogen and oxygen atoms in total. The first-order chi connectivity index (χ1) is 10.5. The highest BCUT2D eigenvalue weighted by Crippen LogP contribution is 2.31. The number of hydrogen-bond donors (Lipinski definition) is 1.